The Morgan fingerprint density at radius 2 is 2.17 bits per heavy atom. The maximum absolute atomic E-state index is 4.70. The van der Waals surface area contributed by atoms with Gasteiger partial charge in [-0.25, -0.2) is 9.50 Å². The quantitative estimate of drug-likeness (QED) is 0.468. The molecule has 1 N–H and O–H groups in total. The van der Waals surface area contributed by atoms with Gasteiger partial charge in [-0.15, -0.1) is 0 Å². The molecule has 0 atom stereocenters. The molecular formula is C17H10BrN5S. The molecule has 0 saturated carbocycles. The van der Waals surface area contributed by atoms with Gasteiger partial charge in [-0.3, -0.25) is 4.98 Å². The second kappa shape index (κ2) is 5.25. The molecule has 0 bridgehead atoms. The molecule has 24 heavy (non-hydrogen) atoms. The summed E-state index contributed by atoms with van der Waals surface area (Å²) < 4.78 is 2.88. The van der Waals surface area contributed by atoms with Gasteiger partial charge in [0.05, 0.1) is 11.9 Å². The largest absolute Gasteiger partial charge is 0.360 e. The van der Waals surface area contributed by atoms with Gasteiger partial charge in [0.25, 0.3) is 0 Å². The van der Waals surface area contributed by atoms with Crippen LogP contribution in [0, 0.1) is 0 Å². The summed E-state index contributed by atoms with van der Waals surface area (Å²) in [4.78, 5) is 13.0. The maximum atomic E-state index is 4.70. The molecule has 0 aliphatic rings. The van der Waals surface area contributed by atoms with Crippen molar-refractivity contribution in [3.05, 3.63) is 59.6 Å². The molecule has 0 spiro atoms. The predicted molar refractivity (Wildman–Crippen MR) is 99.1 cm³/mol. The summed E-state index contributed by atoms with van der Waals surface area (Å²) in [6, 6.07) is 10.1. The first-order valence-electron chi connectivity index (χ1n) is 7.31. The van der Waals surface area contributed by atoms with Crippen molar-refractivity contribution < 1.29 is 0 Å². The Labute approximate surface area is 149 Å². The lowest BCUT2D eigenvalue weighted by molar-refractivity contribution is 0.979. The highest BCUT2D eigenvalue weighted by atomic mass is 79.9. The number of aromatic amines is 1. The van der Waals surface area contributed by atoms with Crippen molar-refractivity contribution in [3.8, 4) is 21.8 Å². The zero-order valence-electron chi connectivity index (χ0n) is 12.3. The second-order valence-corrected chi connectivity index (χ2v) is 7.27. The van der Waals surface area contributed by atoms with Crippen LogP contribution in [0.25, 0.3) is 37.7 Å². The second-order valence-electron chi connectivity index (χ2n) is 5.39. The number of nitrogens with one attached hydrogen (secondary N) is 1. The van der Waals surface area contributed by atoms with E-state index in [2.05, 4.69) is 43.0 Å². The lowest BCUT2D eigenvalue weighted by atomic mass is 10.2. The summed E-state index contributed by atoms with van der Waals surface area (Å²) in [6.45, 7) is 0. The summed E-state index contributed by atoms with van der Waals surface area (Å²) in [6.07, 6.45) is 7.51. The van der Waals surface area contributed by atoms with E-state index >= 15 is 0 Å². The van der Waals surface area contributed by atoms with Crippen LogP contribution in [0.15, 0.2) is 59.6 Å². The highest BCUT2D eigenvalue weighted by Crippen LogP contribution is 2.34. The van der Waals surface area contributed by atoms with Gasteiger partial charge in [0.1, 0.15) is 5.01 Å². The lowest BCUT2D eigenvalue weighted by Crippen LogP contribution is -1.82. The molecule has 116 valence electrons. The Morgan fingerprint density at radius 3 is 3.00 bits per heavy atom. The highest BCUT2D eigenvalue weighted by molar-refractivity contribution is 9.10. The summed E-state index contributed by atoms with van der Waals surface area (Å²) in [5, 5.41) is 6.79. The Morgan fingerprint density at radius 1 is 1.21 bits per heavy atom. The van der Waals surface area contributed by atoms with Crippen LogP contribution in [0.3, 0.4) is 0 Å². The van der Waals surface area contributed by atoms with Gasteiger partial charge in [0, 0.05) is 45.1 Å². The number of halogens is 1. The topological polar surface area (TPSA) is 58.9 Å². The Bertz CT molecular complexity index is 1140. The fourth-order valence-electron chi connectivity index (χ4n) is 2.73. The van der Waals surface area contributed by atoms with E-state index in [0.29, 0.717) is 0 Å². The molecule has 4 aromatic heterocycles. The van der Waals surface area contributed by atoms with E-state index < -0.39 is 0 Å². The first kappa shape index (κ1) is 13.9. The van der Waals surface area contributed by atoms with E-state index in [1.165, 1.54) is 0 Å². The molecule has 0 fully saturated rings. The monoisotopic (exact) mass is 395 g/mol. The smallest absolute Gasteiger partial charge is 0.213 e. The molecule has 0 amide bonds. The molecule has 0 aliphatic heterocycles. The number of imidazole rings is 1. The van der Waals surface area contributed by atoms with Crippen LogP contribution in [0.2, 0.25) is 0 Å². The van der Waals surface area contributed by atoms with Gasteiger partial charge in [-0.2, -0.15) is 5.10 Å². The Hall–Kier alpha value is -2.51. The number of nitrogens with zero attached hydrogens (tertiary/aromatic N) is 4. The highest BCUT2D eigenvalue weighted by Gasteiger charge is 2.14. The van der Waals surface area contributed by atoms with Gasteiger partial charge in [0.15, 0.2) is 0 Å². The normalized spacial score (nSPS) is 11.5. The SMILES string of the molecule is Brc1ccc2[nH]cc(-c3nn4cc(-c5cccnc5)nc4s3)c2c1. The van der Waals surface area contributed by atoms with Crippen LogP contribution in [0.1, 0.15) is 0 Å². The van der Waals surface area contributed by atoms with Gasteiger partial charge < -0.3 is 4.98 Å². The number of fused-ring (bicyclic) bond motifs is 2. The van der Waals surface area contributed by atoms with Gasteiger partial charge in [0.2, 0.25) is 4.96 Å². The van der Waals surface area contributed by atoms with Crippen molar-refractivity contribution >= 4 is 43.1 Å². The molecule has 0 aliphatic carbocycles. The molecular weight excluding hydrogens is 386 g/mol. The average Bonchev–Trinajstić information content (AvgIpc) is 3.27. The van der Waals surface area contributed by atoms with E-state index in [-0.39, 0.29) is 0 Å². The van der Waals surface area contributed by atoms with Crippen LogP contribution >= 0.6 is 27.3 Å². The Balaban J connectivity index is 1.63. The molecule has 5 nitrogen and oxygen atoms in total. The van der Waals surface area contributed by atoms with Gasteiger partial charge in [-0.05, 0) is 30.3 Å². The molecule has 0 unspecified atom stereocenters. The maximum Gasteiger partial charge on any atom is 0.213 e. The minimum absolute atomic E-state index is 0.869. The van der Waals surface area contributed by atoms with Gasteiger partial charge in [-0.1, -0.05) is 27.3 Å². The Kier molecular flexibility index (Phi) is 3.04. The first-order valence-corrected chi connectivity index (χ1v) is 8.92. The molecule has 7 heteroatoms. The van der Waals surface area contributed by atoms with Crippen molar-refractivity contribution in [1.82, 2.24) is 24.6 Å². The molecule has 5 aromatic rings. The van der Waals surface area contributed by atoms with Crippen molar-refractivity contribution in [2.24, 2.45) is 0 Å². The number of rotatable bonds is 2. The van der Waals surface area contributed by atoms with E-state index in [1.807, 2.05) is 41.3 Å². The summed E-state index contributed by atoms with van der Waals surface area (Å²) in [7, 11) is 0. The summed E-state index contributed by atoms with van der Waals surface area (Å²) >= 11 is 5.11. The summed E-state index contributed by atoms with van der Waals surface area (Å²) in [5.41, 5.74) is 4.06. The standard InChI is InChI=1S/C17H10BrN5S/c18-11-3-4-14-12(6-11)13(8-20-14)16-22-23-9-15(21-17(23)24-16)10-2-1-5-19-7-10/h1-9,20H. The number of benzene rings is 1. The summed E-state index contributed by atoms with van der Waals surface area (Å²) in [5.74, 6) is 0. The minimum Gasteiger partial charge on any atom is -0.360 e. The third-order valence-corrected chi connectivity index (χ3v) is 5.32. The minimum atomic E-state index is 0.869. The third-order valence-electron chi connectivity index (χ3n) is 3.87. The van der Waals surface area contributed by atoms with E-state index in [4.69, 9.17) is 5.10 Å². The average molecular weight is 396 g/mol. The number of aromatic nitrogens is 5. The number of H-pyrrole nitrogens is 1. The van der Waals surface area contributed by atoms with E-state index in [0.717, 1.165) is 42.2 Å². The molecule has 0 saturated heterocycles. The van der Waals surface area contributed by atoms with E-state index in [1.54, 1.807) is 17.5 Å². The van der Waals surface area contributed by atoms with Crippen molar-refractivity contribution in [3.63, 3.8) is 0 Å². The van der Waals surface area contributed by atoms with Crippen LogP contribution in [0.4, 0.5) is 0 Å². The predicted octanol–water partition coefficient (Wildman–Crippen LogP) is 4.76. The van der Waals surface area contributed by atoms with Crippen LogP contribution in [0.5, 0.6) is 0 Å². The first-order chi connectivity index (χ1) is 11.8. The molecule has 4 heterocycles. The van der Waals surface area contributed by atoms with Gasteiger partial charge >= 0.3 is 0 Å². The molecule has 1 aromatic carbocycles. The fraction of sp³-hybridized carbons (Fsp3) is 0. The third kappa shape index (κ3) is 2.16. The van der Waals surface area contributed by atoms with Crippen LogP contribution < -0.4 is 0 Å². The van der Waals surface area contributed by atoms with Crippen molar-refractivity contribution in [2.45, 2.75) is 0 Å². The zero-order valence-corrected chi connectivity index (χ0v) is 14.7. The molecule has 0 radical (unpaired) electrons. The van der Waals surface area contributed by atoms with E-state index in [9.17, 15) is 0 Å². The molecule has 5 rings (SSSR count). The van der Waals surface area contributed by atoms with Crippen molar-refractivity contribution in [1.29, 1.82) is 0 Å². The number of hydrogen-bond acceptors (Lipinski definition) is 4. The van der Waals surface area contributed by atoms with Crippen LogP contribution in [-0.4, -0.2) is 24.6 Å². The lowest BCUT2D eigenvalue weighted by Gasteiger charge is -1.95. The fourth-order valence-corrected chi connectivity index (χ4v) is 4.00. The van der Waals surface area contributed by atoms with Crippen LogP contribution in [-0.2, 0) is 0 Å². The van der Waals surface area contributed by atoms with Crippen molar-refractivity contribution in [2.75, 3.05) is 0 Å². The number of pyridine rings is 1. The zero-order chi connectivity index (χ0) is 16.1. The number of hydrogen-bond donors (Lipinski definition) is 1.